The Balaban J connectivity index is 0.000000711. The van der Waals surface area contributed by atoms with E-state index in [0.717, 1.165) is 12.1 Å². The maximum absolute atomic E-state index is 10.5. The summed E-state index contributed by atoms with van der Waals surface area (Å²) in [7, 11) is 0. The second-order valence-corrected chi connectivity index (χ2v) is 3.00. The minimum atomic E-state index is -1.46. The lowest BCUT2D eigenvalue weighted by Crippen LogP contribution is -2.00. The van der Waals surface area contributed by atoms with Crippen molar-refractivity contribution in [1.29, 1.82) is 0 Å². The molecule has 10 heteroatoms. The molecule has 0 heterocycles. The van der Waals surface area contributed by atoms with Crippen molar-refractivity contribution in [2.24, 2.45) is 0 Å². The molecule has 0 atom stereocenters. The zero-order valence-corrected chi connectivity index (χ0v) is 9.42. The van der Waals surface area contributed by atoms with E-state index in [1.54, 1.807) is 0 Å². The summed E-state index contributed by atoms with van der Waals surface area (Å²) in [5, 5.41) is 44.5. The maximum Gasteiger partial charge on any atom is 0.336 e. The van der Waals surface area contributed by atoms with Crippen molar-refractivity contribution in [3.8, 4) is 0 Å². The van der Waals surface area contributed by atoms with Gasteiger partial charge in [-0.1, -0.05) is 0 Å². The van der Waals surface area contributed by atoms with Gasteiger partial charge in [0, 0.05) is 12.1 Å². The summed E-state index contributed by atoms with van der Waals surface area (Å²) in [6.07, 6.45) is 0. The molecule has 0 amide bonds. The van der Waals surface area contributed by atoms with Gasteiger partial charge in [0.25, 0.3) is 11.4 Å². The molecular formula is C9H10N2O8. The van der Waals surface area contributed by atoms with E-state index in [2.05, 4.69) is 0 Å². The molecule has 0 spiro atoms. The average molecular weight is 274 g/mol. The van der Waals surface area contributed by atoms with E-state index in [4.69, 9.17) is 15.3 Å². The van der Waals surface area contributed by atoms with Gasteiger partial charge in [-0.2, -0.15) is 0 Å². The lowest BCUT2D eigenvalue weighted by Gasteiger charge is -1.96. The van der Waals surface area contributed by atoms with Crippen molar-refractivity contribution in [3.05, 3.63) is 44.0 Å². The number of rotatable bonds is 4. The third-order valence-corrected chi connectivity index (χ3v) is 1.67. The summed E-state index contributed by atoms with van der Waals surface area (Å²) < 4.78 is 0. The monoisotopic (exact) mass is 274 g/mol. The predicted molar refractivity (Wildman–Crippen MR) is 60.9 cm³/mol. The van der Waals surface area contributed by atoms with Gasteiger partial charge in [-0.3, -0.25) is 20.2 Å². The van der Waals surface area contributed by atoms with Crippen molar-refractivity contribution < 1.29 is 30.0 Å². The Morgan fingerprint density at radius 3 is 1.58 bits per heavy atom. The summed E-state index contributed by atoms with van der Waals surface area (Å²) in [5.74, 6) is -1.46. The predicted octanol–water partition coefficient (Wildman–Crippen LogP) is 0.172. The Morgan fingerprint density at radius 1 is 1.00 bits per heavy atom. The molecule has 104 valence electrons. The van der Waals surface area contributed by atoms with Crippen molar-refractivity contribution in [1.82, 2.24) is 0 Å². The number of carbonyl (C=O) groups is 1. The first-order chi connectivity index (χ1) is 8.83. The summed E-state index contributed by atoms with van der Waals surface area (Å²) in [6, 6.07) is 2.22. The van der Waals surface area contributed by atoms with Crippen molar-refractivity contribution in [3.63, 3.8) is 0 Å². The Labute approximate surface area is 105 Å². The molecule has 1 aromatic rings. The van der Waals surface area contributed by atoms with E-state index < -0.39 is 32.8 Å². The van der Waals surface area contributed by atoms with Crippen molar-refractivity contribution >= 4 is 17.3 Å². The first kappa shape index (κ1) is 16.4. The van der Waals surface area contributed by atoms with E-state index in [-0.39, 0.29) is 13.2 Å². The van der Waals surface area contributed by atoms with Crippen LogP contribution < -0.4 is 0 Å². The minimum Gasteiger partial charge on any atom is -0.478 e. The normalized spacial score (nSPS) is 9.16. The Bertz CT molecular complexity index is 406. The number of hydrogen-bond acceptors (Lipinski definition) is 7. The number of hydrogen-bond donors (Lipinski definition) is 3. The van der Waals surface area contributed by atoms with Gasteiger partial charge in [0.1, 0.15) is 0 Å². The number of nitro groups is 2. The number of aromatic carboxylic acids is 1. The van der Waals surface area contributed by atoms with Crippen LogP contribution >= 0.6 is 0 Å². The second-order valence-electron chi connectivity index (χ2n) is 3.00. The number of nitrogens with zero attached hydrogens (tertiary/aromatic N) is 2. The van der Waals surface area contributed by atoms with E-state index in [1.165, 1.54) is 0 Å². The topological polar surface area (TPSA) is 164 Å². The highest BCUT2D eigenvalue weighted by Crippen LogP contribution is 2.22. The smallest absolute Gasteiger partial charge is 0.336 e. The third-order valence-electron chi connectivity index (χ3n) is 1.67. The molecule has 0 bridgehead atoms. The molecular weight excluding hydrogens is 264 g/mol. The van der Waals surface area contributed by atoms with Gasteiger partial charge in [0.15, 0.2) is 0 Å². The third kappa shape index (κ3) is 5.52. The highest BCUT2D eigenvalue weighted by atomic mass is 16.6. The molecule has 1 rings (SSSR count). The SMILES string of the molecule is O=C(O)c1cc([N+](=O)[O-])cc([N+](=O)[O-])c1.OCCO. The quantitative estimate of drug-likeness (QED) is 0.516. The molecule has 0 aliphatic carbocycles. The molecule has 0 saturated heterocycles. The number of non-ortho nitro benzene ring substituents is 2. The fourth-order valence-electron chi connectivity index (χ4n) is 0.929. The summed E-state index contributed by atoms with van der Waals surface area (Å²) in [6.45, 7) is -0.250. The molecule has 1 aromatic carbocycles. The maximum atomic E-state index is 10.5. The van der Waals surface area contributed by atoms with Crippen LogP contribution in [0.15, 0.2) is 18.2 Å². The highest BCUT2D eigenvalue weighted by molar-refractivity contribution is 5.89. The van der Waals surface area contributed by atoms with E-state index in [1.807, 2.05) is 0 Å². The van der Waals surface area contributed by atoms with Gasteiger partial charge in [-0.15, -0.1) is 0 Å². The molecule has 0 unspecified atom stereocenters. The van der Waals surface area contributed by atoms with E-state index in [9.17, 15) is 25.0 Å². The number of aliphatic hydroxyl groups excluding tert-OH is 2. The Morgan fingerprint density at radius 2 is 1.37 bits per heavy atom. The lowest BCUT2D eigenvalue weighted by atomic mass is 10.2. The van der Waals surface area contributed by atoms with Crippen LogP contribution in [0.2, 0.25) is 0 Å². The minimum absolute atomic E-state index is 0.125. The fraction of sp³-hybridized carbons (Fsp3) is 0.222. The molecule has 0 fully saturated rings. The van der Waals surface area contributed by atoms with Gasteiger partial charge in [-0.25, -0.2) is 4.79 Å². The molecule has 3 N–H and O–H groups in total. The number of nitro benzene ring substituents is 2. The Hall–Kier alpha value is -2.59. The van der Waals surface area contributed by atoms with Crippen LogP contribution in [0.25, 0.3) is 0 Å². The second kappa shape index (κ2) is 7.68. The zero-order valence-electron chi connectivity index (χ0n) is 9.42. The highest BCUT2D eigenvalue weighted by Gasteiger charge is 2.19. The molecule has 0 aliphatic heterocycles. The molecule has 19 heavy (non-hydrogen) atoms. The van der Waals surface area contributed by atoms with Gasteiger partial charge in [0.2, 0.25) is 0 Å². The number of carboxylic acid groups (broad SMARTS) is 1. The molecule has 0 radical (unpaired) electrons. The Kier molecular flexibility index (Phi) is 6.63. The van der Waals surface area contributed by atoms with E-state index >= 15 is 0 Å². The number of aliphatic hydroxyl groups is 2. The van der Waals surface area contributed by atoms with Crippen molar-refractivity contribution in [2.75, 3.05) is 13.2 Å². The van der Waals surface area contributed by atoms with Crippen LogP contribution in [-0.4, -0.2) is 44.3 Å². The molecule has 0 aromatic heterocycles. The molecule has 0 aliphatic rings. The first-order valence-corrected chi connectivity index (χ1v) is 4.72. The average Bonchev–Trinajstić information content (AvgIpc) is 2.38. The van der Waals surface area contributed by atoms with E-state index in [0.29, 0.717) is 6.07 Å². The van der Waals surface area contributed by atoms with Crippen LogP contribution in [0, 0.1) is 20.2 Å². The summed E-state index contributed by atoms with van der Waals surface area (Å²) >= 11 is 0. The van der Waals surface area contributed by atoms with Crippen LogP contribution in [-0.2, 0) is 0 Å². The zero-order chi connectivity index (χ0) is 15.0. The van der Waals surface area contributed by atoms with Gasteiger partial charge >= 0.3 is 5.97 Å². The van der Waals surface area contributed by atoms with Crippen LogP contribution in [0.5, 0.6) is 0 Å². The van der Waals surface area contributed by atoms with Crippen LogP contribution in [0.1, 0.15) is 10.4 Å². The summed E-state index contributed by atoms with van der Waals surface area (Å²) in [5.41, 5.74) is -1.74. The fourth-order valence-corrected chi connectivity index (χ4v) is 0.929. The largest absolute Gasteiger partial charge is 0.478 e. The van der Waals surface area contributed by atoms with Crippen molar-refractivity contribution in [2.45, 2.75) is 0 Å². The summed E-state index contributed by atoms with van der Waals surface area (Å²) in [4.78, 5) is 29.4. The molecule has 10 nitrogen and oxygen atoms in total. The van der Waals surface area contributed by atoms with Crippen LogP contribution in [0.4, 0.5) is 11.4 Å². The first-order valence-electron chi connectivity index (χ1n) is 4.72. The lowest BCUT2D eigenvalue weighted by molar-refractivity contribution is -0.394. The van der Waals surface area contributed by atoms with Gasteiger partial charge in [-0.05, 0) is 0 Å². The number of benzene rings is 1. The molecule has 0 saturated carbocycles. The van der Waals surface area contributed by atoms with Crippen LogP contribution in [0.3, 0.4) is 0 Å². The standard InChI is InChI=1S/C7H4N2O6.C2H6O2/c10-7(11)4-1-5(8(12)13)3-6(2-4)9(14)15;3-1-2-4/h1-3H,(H,10,11);3-4H,1-2H2. The van der Waals surface area contributed by atoms with Gasteiger partial charge < -0.3 is 15.3 Å². The number of carboxylic acids is 1. The van der Waals surface area contributed by atoms with Gasteiger partial charge in [0.05, 0.1) is 34.7 Å².